The van der Waals surface area contributed by atoms with Crippen LogP contribution in [-0.4, -0.2) is 34.8 Å². The normalized spacial score (nSPS) is 16.6. The van der Waals surface area contributed by atoms with Gasteiger partial charge in [-0.25, -0.2) is 4.98 Å². The first-order chi connectivity index (χ1) is 17.2. The molecular formula is C28H28N4O3. The standard InChI is InChI=1S/C28H28N4O3/c33-27(11-10-26-31-23-6-1-2-7-24(23)32-26)30-22-5-3-4-19(17-22)20-8-9-25-21(16-20)18-34-28(35-25)12-14-29-15-13-28/h1-9,16-17,29H,10-15,18H2,(H,30,33)(H,31,32). The Hall–Kier alpha value is -3.68. The van der Waals surface area contributed by atoms with E-state index in [0.717, 1.165) is 70.9 Å². The number of rotatable bonds is 5. The molecule has 1 spiro atoms. The smallest absolute Gasteiger partial charge is 0.224 e. The second-order valence-corrected chi connectivity index (χ2v) is 9.20. The Morgan fingerprint density at radius 2 is 1.86 bits per heavy atom. The van der Waals surface area contributed by atoms with Crippen LogP contribution in [0.4, 0.5) is 5.69 Å². The molecule has 0 saturated carbocycles. The molecule has 0 radical (unpaired) electrons. The molecule has 7 nitrogen and oxygen atoms in total. The second kappa shape index (κ2) is 9.17. The third-order valence-corrected chi connectivity index (χ3v) is 6.72. The number of benzene rings is 3. The number of fused-ring (bicyclic) bond motifs is 2. The number of nitrogens with one attached hydrogen (secondary N) is 3. The molecule has 1 aromatic heterocycles. The summed E-state index contributed by atoms with van der Waals surface area (Å²) >= 11 is 0. The lowest BCUT2D eigenvalue weighted by atomic mass is 9.99. The molecule has 0 atom stereocenters. The van der Waals surface area contributed by atoms with Gasteiger partial charge in [-0.05, 0) is 47.5 Å². The van der Waals surface area contributed by atoms with Crippen molar-refractivity contribution in [1.29, 1.82) is 0 Å². The van der Waals surface area contributed by atoms with E-state index in [1.54, 1.807) is 0 Å². The molecule has 6 rings (SSSR count). The maximum atomic E-state index is 12.6. The summed E-state index contributed by atoms with van der Waals surface area (Å²) in [7, 11) is 0. The van der Waals surface area contributed by atoms with Gasteiger partial charge in [0, 0.05) is 50.0 Å². The van der Waals surface area contributed by atoms with Gasteiger partial charge in [0.25, 0.3) is 0 Å². The van der Waals surface area contributed by atoms with Gasteiger partial charge in [-0.2, -0.15) is 0 Å². The molecule has 2 aliphatic heterocycles. The number of nitrogens with zero attached hydrogens (tertiary/aromatic N) is 1. The van der Waals surface area contributed by atoms with Crippen LogP contribution in [0.5, 0.6) is 5.75 Å². The van der Waals surface area contributed by atoms with Crippen molar-refractivity contribution in [3.8, 4) is 16.9 Å². The molecule has 3 N–H and O–H groups in total. The van der Waals surface area contributed by atoms with Gasteiger partial charge in [0.15, 0.2) is 0 Å². The van der Waals surface area contributed by atoms with Gasteiger partial charge < -0.3 is 25.1 Å². The molecule has 7 heteroatoms. The first-order valence-electron chi connectivity index (χ1n) is 12.2. The van der Waals surface area contributed by atoms with Crippen molar-refractivity contribution in [2.75, 3.05) is 18.4 Å². The van der Waals surface area contributed by atoms with Gasteiger partial charge in [-0.1, -0.05) is 30.3 Å². The largest absolute Gasteiger partial charge is 0.462 e. The zero-order valence-corrected chi connectivity index (χ0v) is 19.5. The first-order valence-corrected chi connectivity index (χ1v) is 12.2. The summed E-state index contributed by atoms with van der Waals surface area (Å²) in [4.78, 5) is 20.4. The maximum Gasteiger partial charge on any atom is 0.224 e. The highest BCUT2D eigenvalue weighted by Crippen LogP contribution is 2.38. The number of piperidine rings is 1. The second-order valence-electron chi connectivity index (χ2n) is 9.20. The van der Waals surface area contributed by atoms with Gasteiger partial charge in [0.1, 0.15) is 11.6 Å². The van der Waals surface area contributed by atoms with Gasteiger partial charge in [-0.3, -0.25) is 4.79 Å². The Balaban J connectivity index is 1.11. The van der Waals surface area contributed by atoms with Gasteiger partial charge >= 0.3 is 0 Å². The number of carbonyl (C=O) groups excluding carboxylic acids is 1. The fourth-order valence-electron chi connectivity index (χ4n) is 4.82. The number of para-hydroxylation sites is 2. The van der Waals surface area contributed by atoms with E-state index >= 15 is 0 Å². The van der Waals surface area contributed by atoms with Gasteiger partial charge in [0.05, 0.1) is 17.6 Å². The third kappa shape index (κ3) is 4.65. The number of H-pyrrole nitrogens is 1. The average molecular weight is 469 g/mol. The molecule has 2 aliphatic rings. The summed E-state index contributed by atoms with van der Waals surface area (Å²) in [5, 5.41) is 6.38. The van der Waals surface area contributed by atoms with Crippen molar-refractivity contribution < 1.29 is 14.3 Å². The minimum absolute atomic E-state index is 0.0397. The van der Waals surface area contributed by atoms with Crippen molar-refractivity contribution in [2.45, 2.75) is 38.1 Å². The number of aromatic nitrogens is 2. The topological polar surface area (TPSA) is 88.3 Å². The number of ether oxygens (including phenoxy) is 2. The highest BCUT2D eigenvalue weighted by Gasteiger charge is 2.38. The van der Waals surface area contributed by atoms with Crippen LogP contribution in [0.2, 0.25) is 0 Å². The number of aromatic amines is 1. The van der Waals surface area contributed by atoms with Crippen LogP contribution in [0.3, 0.4) is 0 Å². The Morgan fingerprint density at radius 1 is 1.00 bits per heavy atom. The Bertz CT molecular complexity index is 1340. The molecule has 178 valence electrons. The van der Waals surface area contributed by atoms with Crippen LogP contribution in [0.1, 0.15) is 30.7 Å². The maximum absolute atomic E-state index is 12.6. The summed E-state index contributed by atoms with van der Waals surface area (Å²) in [5.41, 5.74) is 5.83. The van der Waals surface area contributed by atoms with Crippen LogP contribution in [0, 0.1) is 0 Å². The molecule has 1 amide bonds. The molecular weight excluding hydrogens is 440 g/mol. The minimum atomic E-state index is -0.494. The summed E-state index contributed by atoms with van der Waals surface area (Å²) in [5.74, 6) is 1.19. The number of anilines is 1. The predicted octanol–water partition coefficient (Wildman–Crippen LogP) is 4.79. The fraction of sp³-hybridized carbons (Fsp3) is 0.286. The van der Waals surface area contributed by atoms with Crippen LogP contribution >= 0.6 is 0 Å². The van der Waals surface area contributed by atoms with E-state index < -0.39 is 5.79 Å². The highest BCUT2D eigenvalue weighted by atomic mass is 16.7. The molecule has 1 fully saturated rings. The summed E-state index contributed by atoms with van der Waals surface area (Å²) in [6.07, 6.45) is 2.62. The highest BCUT2D eigenvalue weighted by molar-refractivity contribution is 5.91. The third-order valence-electron chi connectivity index (χ3n) is 6.72. The lowest BCUT2D eigenvalue weighted by molar-refractivity contribution is -0.218. The monoisotopic (exact) mass is 468 g/mol. The average Bonchev–Trinajstić information content (AvgIpc) is 3.31. The van der Waals surface area contributed by atoms with Crippen molar-refractivity contribution in [3.63, 3.8) is 0 Å². The van der Waals surface area contributed by atoms with Gasteiger partial charge in [0.2, 0.25) is 11.7 Å². The van der Waals surface area contributed by atoms with Crippen molar-refractivity contribution >= 4 is 22.6 Å². The number of hydrogen-bond donors (Lipinski definition) is 3. The van der Waals surface area contributed by atoms with Crippen LogP contribution in [0.15, 0.2) is 66.7 Å². The molecule has 35 heavy (non-hydrogen) atoms. The van der Waals surface area contributed by atoms with E-state index in [1.807, 2.05) is 54.6 Å². The molecule has 1 saturated heterocycles. The van der Waals surface area contributed by atoms with Crippen LogP contribution in [-0.2, 0) is 22.6 Å². The number of carbonyl (C=O) groups is 1. The Morgan fingerprint density at radius 3 is 2.74 bits per heavy atom. The first kappa shape index (κ1) is 21.8. The van der Waals surface area contributed by atoms with E-state index in [1.165, 1.54) is 0 Å². The molecule has 0 bridgehead atoms. The van der Waals surface area contributed by atoms with E-state index in [2.05, 4.69) is 32.7 Å². The fourth-order valence-corrected chi connectivity index (χ4v) is 4.82. The summed E-state index contributed by atoms with van der Waals surface area (Å²) in [6, 6.07) is 22.0. The van der Waals surface area contributed by atoms with Gasteiger partial charge in [-0.15, -0.1) is 0 Å². The SMILES string of the molecule is O=C(CCc1nc2ccccc2[nH]1)Nc1cccc(-c2ccc3c(c2)COC2(CCNCC2)O3)c1. The number of amides is 1. The zero-order chi connectivity index (χ0) is 23.7. The van der Waals surface area contributed by atoms with Crippen molar-refractivity contribution in [1.82, 2.24) is 15.3 Å². The van der Waals surface area contributed by atoms with E-state index in [4.69, 9.17) is 9.47 Å². The van der Waals surface area contributed by atoms with Crippen LogP contribution < -0.4 is 15.4 Å². The minimum Gasteiger partial charge on any atom is -0.462 e. The lowest BCUT2D eigenvalue weighted by Gasteiger charge is -2.41. The summed E-state index contributed by atoms with van der Waals surface area (Å²) in [6.45, 7) is 2.36. The van der Waals surface area contributed by atoms with E-state index in [0.29, 0.717) is 19.4 Å². The molecule has 4 aromatic rings. The van der Waals surface area contributed by atoms with Crippen molar-refractivity contribution in [2.24, 2.45) is 0 Å². The van der Waals surface area contributed by atoms with Crippen LogP contribution in [0.25, 0.3) is 22.2 Å². The predicted molar refractivity (Wildman–Crippen MR) is 135 cm³/mol. The lowest BCUT2D eigenvalue weighted by Crippen LogP contribution is -2.49. The summed E-state index contributed by atoms with van der Waals surface area (Å²) < 4.78 is 12.4. The Kier molecular flexibility index (Phi) is 5.72. The Labute approximate surface area is 203 Å². The molecule has 3 aromatic carbocycles. The number of hydrogen-bond acceptors (Lipinski definition) is 5. The van der Waals surface area contributed by atoms with E-state index in [9.17, 15) is 4.79 Å². The molecule has 0 aliphatic carbocycles. The quantitative estimate of drug-likeness (QED) is 0.392. The zero-order valence-electron chi connectivity index (χ0n) is 19.5. The molecule has 0 unspecified atom stereocenters. The molecule has 3 heterocycles. The number of imidazole rings is 1. The number of aryl methyl sites for hydroxylation is 1. The van der Waals surface area contributed by atoms with E-state index in [-0.39, 0.29) is 5.91 Å². The van der Waals surface area contributed by atoms with Crippen molar-refractivity contribution in [3.05, 3.63) is 78.1 Å².